The van der Waals surface area contributed by atoms with Gasteiger partial charge in [0.25, 0.3) is 0 Å². The molecule has 0 bridgehead atoms. The molecule has 0 aromatic heterocycles. The summed E-state index contributed by atoms with van der Waals surface area (Å²) in [6.07, 6.45) is 2.94. The van der Waals surface area contributed by atoms with Gasteiger partial charge >= 0.3 is 0 Å². The molecule has 0 aromatic carbocycles. The van der Waals surface area contributed by atoms with Gasteiger partial charge in [-0.25, -0.2) is 0 Å². The summed E-state index contributed by atoms with van der Waals surface area (Å²) >= 11 is 0. The summed E-state index contributed by atoms with van der Waals surface area (Å²) in [5.41, 5.74) is 1.01. The van der Waals surface area contributed by atoms with Crippen molar-refractivity contribution in [3.63, 3.8) is 0 Å². The van der Waals surface area contributed by atoms with Gasteiger partial charge in [-0.3, -0.25) is 0 Å². The quantitative estimate of drug-likeness (QED) is 0.547. The fraction of sp³-hybridized carbons (Fsp3) is 1.00. The Labute approximate surface area is 104 Å². The molecule has 1 fully saturated rings. The molecule has 3 heteroatoms. The highest BCUT2D eigenvalue weighted by Gasteiger charge is 2.50. The summed E-state index contributed by atoms with van der Waals surface area (Å²) in [5, 5.41) is 0. The summed E-state index contributed by atoms with van der Waals surface area (Å²) in [6.45, 7) is 11.8. The summed E-state index contributed by atoms with van der Waals surface area (Å²) in [4.78, 5) is 0. The zero-order chi connectivity index (χ0) is 12.2. The Morgan fingerprint density at radius 1 is 0.812 bits per heavy atom. The maximum absolute atomic E-state index is 6.97. The Bertz CT molecular complexity index is 198. The molecule has 0 saturated heterocycles. The molecule has 0 radical (unpaired) electrons. The fourth-order valence-electron chi connectivity index (χ4n) is 3.06. The average Bonchev–Trinajstić information content (AvgIpc) is 3.17. The number of hydrogen-bond donors (Lipinski definition) is 0. The molecule has 1 rings (SSSR count). The van der Waals surface area contributed by atoms with E-state index in [9.17, 15) is 0 Å². The number of rotatable bonds is 8. The van der Waals surface area contributed by atoms with Crippen molar-refractivity contribution >= 4 is 16.6 Å². The first kappa shape index (κ1) is 14.5. The van der Waals surface area contributed by atoms with E-state index in [1.165, 1.54) is 43.1 Å². The van der Waals surface area contributed by atoms with Gasteiger partial charge in [-0.1, -0.05) is 47.5 Å². The molecule has 16 heavy (non-hydrogen) atoms. The third kappa shape index (κ3) is 2.80. The molecule has 1 aliphatic carbocycles. The Morgan fingerprint density at radius 2 is 1.25 bits per heavy atom. The lowest BCUT2D eigenvalue weighted by molar-refractivity contribution is 0.505. The van der Waals surface area contributed by atoms with Gasteiger partial charge in [-0.15, -0.1) is 0 Å². The second kappa shape index (κ2) is 5.83. The summed E-state index contributed by atoms with van der Waals surface area (Å²) < 4.78 is 6.97. The van der Waals surface area contributed by atoms with Crippen LogP contribution in [0, 0.1) is 0 Å². The van der Waals surface area contributed by atoms with E-state index in [0.717, 1.165) is 5.54 Å². The van der Waals surface area contributed by atoms with Crippen LogP contribution in [0.5, 0.6) is 0 Å². The molecule has 0 N–H and O–H groups in total. The minimum atomic E-state index is -1.36. The topological polar surface area (TPSA) is 9.23 Å². The third-order valence-electron chi connectivity index (χ3n) is 4.87. The van der Waals surface area contributed by atoms with Crippen LogP contribution in [0.1, 0.15) is 47.5 Å². The molecule has 1 aliphatic rings. The van der Waals surface area contributed by atoms with Crippen LogP contribution in [-0.2, 0) is 4.12 Å². The standard InChI is InChI=1S/C13H30OSi2/c1-6-15(7-2,8-3)14-16(9-4,10-5)13-11-12-13/h13H,6-12H2,1-5H3. The van der Waals surface area contributed by atoms with Crippen LogP contribution in [0.4, 0.5) is 0 Å². The maximum atomic E-state index is 6.97. The summed E-state index contributed by atoms with van der Waals surface area (Å²) in [5.74, 6) is 0. The molecule has 1 nitrogen and oxygen atoms in total. The van der Waals surface area contributed by atoms with E-state index in [4.69, 9.17) is 4.12 Å². The van der Waals surface area contributed by atoms with E-state index in [0.29, 0.717) is 0 Å². The lowest BCUT2D eigenvalue weighted by Crippen LogP contribution is -2.50. The Hall–Kier alpha value is 0.394. The molecule has 0 heterocycles. The second-order valence-corrected chi connectivity index (χ2v) is 15.1. The lowest BCUT2D eigenvalue weighted by Gasteiger charge is -2.41. The van der Waals surface area contributed by atoms with Gasteiger partial charge in [0.2, 0.25) is 0 Å². The predicted molar refractivity (Wildman–Crippen MR) is 78.0 cm³/mol. The van der Waals surface area contributed by atoms with Crippen LogP contribution in [0.15, 0.2) is 0 Å². The van der Waals surface area contributed by atoms with Crippen LogP contribution < -0.4 is 0 Å². The van der Waals surface area contributed by atoms with Gasteiger partial charge in [0.15, 0.2) is 16.6 Å². The molecule has 0 spiro atoms. The van der Waals surface area contributed by atoms with E-state index >= 15 is 0 Å². The van der Waals surface area contributed by atoms with Crippen LogP contribution in [-0.4, -0.2) is 16.6 Å². The van der Waals surface area contributed by atoms with E-state index in [1.807, 2.05) is 0 Å². The predicted octanol–water partition coefficient (Wildman–Crippen LogP) is 5.16. The van der Waals surface area contributed by atoms with Gasteiger partial charge in [0.1, 0.15) is 0 Å². The molecule has 96 valence electrons. The Morgan fingerprint density at radius 3 is 1.50 bits per heavy atom. The highest BCUT2D eigenvalue weighted by molar-refractivity contribution is 6.88. The first-order valence-corrected chi connectivity index (χ1v) is 12.2. The minimum absolute atomic E-state index is 1.01. The van der Waals surface area contributed by atoms with Crippen molar-refractivity contribution in [3.05, 3.63) is 0 Å². The van der Waals surface area contributed by atoms with Crippen molar-refractivity contribution in [1.82, 2.24) is 0 Å². The zero-order valence-electron chi connectivity index (χ0n) is 11.9. The van der Waals surface area contributed by atoms with E-state index in [1.54, 1.807) is 0 Å². The molecule has 0 atom stereocenters. The van der Waals surface area contributed by atoms with Crippen molar-refractivity contribution in [1.29, 1.82) is 0 Å². The van der Waals surface area contributed by atoms with Crippen LogP contribution in [0.25, 0.3) is 0 Å². The van der Waals surface area contributed by atoms with Crippen LogP contribution >= 0.6 is 0 Å². The highest BCUT2D eigenvalue weighted by Crippen LogP contribution is 2.51. The number of hydrogen-bond acceptors (Lipinski definition) is 1. The summed E-state index contributed by atoms with van der Waals surface area (Å²) in [6, 6.07) is 6.66. The first-order chi connectivity index (χ1) is 7.62. The van der Waals surface area contributed by atoms with Gasteiger partial charge in [-0.05, 0) is 35.8 Å². The Kier molecular flexibility index (Phi) is 5.26. The van der Waals surface area contributed by atoms with Crippen molar-refractivity contribution in [2.75, 3.05) is 0 Å². The van der Waals surface area contributed by atoms with Crippen molar-refractivity contribution < 1.29 is 4.12 Å². The molecule has 0 aliphatic heterocycles. The smallest absolute Gasteiger partial charge is 0.182 e. The first-order valence-electron chi connectivity index (χ1n) is 7.32. The Balaban J connectivity index is 2.79. The average molecular weight is 259 g/mol. The van der Waals surface area contributed by atoms with Crippen LogP contribution in [0.2, 0.25) is 35.8 Å². The van der Waals surface area contributed by atoms with Crippen molar-refractivity contribution in [3.8, 4) is 0 Å². The highest BCUT2D eigenvalue weighted by atomic mass is 28.4. The monoisotopic (exact) mass is 258 g/mol. The van der Waals surface area contributed by atoms with E-state index in [-0.39, 0.29) is 0 Å². The third-order valence-corrected chi connectivity index (χ3v) is 16.6. The zero-order valence-corrected chi connectivity index (χ0v) is 13.9. The summed E-state index contributed by atoms with van der Waals surface area (Å²) in [7, 11) is -2.70. The fourth-order valence-corrected chi connectivity index (χ4v) is 14.4. The molecule has 0 amide bonds. The SMILES string of the molecule is CC[Si](CC)(CC)O[Si](CC)(CC)C1CC1. The van der Waals surface area contributed by atoms with Gasteiger partial charge in [0, 0.05) is 0 Å². The minimum Gasteiger partial charge on any atom is -0.455 e. The van der Waals surface area contributed by atoms with Crippen molar-refractivity contribution in [2.24, 2.45) is 0 Å². The van der Waals surface area contributed by atoms with Crippen molar-refractivity contribution in [2.45, 2.75) is 83.2 Å². The molecule has 1 saturated carbocycles. The molecular formula is C13H30OSi2. The largest absolute Gasteiger partial charge is 0.455 e. The normalized spacial score (nSPS) is 17.8. The van der Waals surface area contributed by atoms with Gasteiger partial charge < -0.3 is 4.12 Å². The lowest BCUT2D eigenvalue weighted by atomic mass is 10.9. The van der Waals surface area contributed by atoms with E-state index in [2.05, 4.69) is 34.6 Å². The molecular weight excluding hydrogens is 228 g/mol. The van der Waals surface area contributed by atoms with Gasteiger partial charge in [-0.2, -0.15) is 0 Å². The molecule has 0 aromatic rings. The maximum Gasteiger partial charge on any atom is 0.182 e. The van der Waals surface area contributed by atoms with Crippen LogP contribution in [0.3, 0.4) is 0 Å². The molecule has 0 unspecified atom stereocenters. The van der Waals surface area contributed by atoms with Gasteiger partial charge in [0.05, 0.1) is 0 Å². The van der Waals surface area contributed by atoms with E-state index < -0.39 is 16.6 Å². The second-order valence-electron chi connectivity index (χ2n) is 5.39.